The van der Waals surface area contributed by atoms with Gasteiger partial charge in [-0.1, -0.05) is 152 Å². The SMILES string of the molecule is CCCCC/C=C\C/C=C\CCCCCCCCC1(CCCCCCCC/C=C\C/C=C\CCCCC)OC[C@H](CN(C)CCCCCCN)O1. The summed E-state index contributed by atoms with van der Waals surface area (Å²) in [7, 11) is 2.25. The maximum absolute atomic E-state index is 6.81. The zero-order valence-electron chi connectivity index (χ0n) is 34.6. The highest BCUT2D eigenvalue weighted by molar-refractivity contribution is 4.93. The molecule has 0 bridgehead atoms. The Balaban J connectivity index is 2.29. The molecule has 51 heavy (non-hydrogen) atoms. The van der Waals surface area contributed by atoms with Crippen molar-refractivity contribution in [3.8, 4) is 0 Å². The van der Waals surface area contributed by atoms with Crippen molar-refractivity contribution in [1.29, 1.82) is 0 Å². The van der Waals surface area contributed by atoms with Crippen LogP contribution < -0.4 is 5.73 Å². The molecule has 0 saturated carbocycles. The minimum Gasteiger partial charge on any atom is -0.347 e. The van der Waals surface area contributed by atoms with E-state index in [1.54, 1.807) is 0 Å². The predicted molar refractivity (Wildman–Crippen MR) is 227 cm³/mol. The van der Waals surface area contributed by atoms with Gasteiger partial charge in [0.05, 0.1) is 12.7 Å². The summed E-state index contributed by atoms with van der Waals surface area (Å²) in [5.74, 6) is -0.350. The molecule has 0 aliphatic carbocycles. The van der Waals surface area contributed by atoms with Crippen LogP contribution in [0.2, 0.25) is 0 Å². The number of nitrogens with zero attached hydrogens (tertiary/aromatic N) is 1. The fourth-order valence-electron chi connectivity index (χ4n) is 7.18. The molecule has 1 atom stereocenters. The van der Waals surface area contributed by atoms with Crippen LogP contribution in [0.25, 0.3) is 0 Å². The molecule has 0 aromatic carbocycles. The lowest BCUT2D eigenvalue weighted by Gasteiger charge is -2.29. The molecule has 1 heterocycles. The van der Waals surface area contributed by atoms with E-state index in [1.807, 2.05) is 0 Å². The van der Waals surface area contributed by atoms with Gasteiger partial charge in [0.2, 0.25) is 0 Å². The van der Waals surface area contributed by atoms with Gasteiger partial charge in [0.25, 0.3) is 0 Å². The third-order valence-electron chi connectivity index (χ3n) is 10.4. The van der Waals surface area contributed by atoms with Gasteiger partial charge in [-0.25, -0.2) is 0 Å². The van der Waals surface area contributed by atoms with E-state index < -0.39 is 0 Å². The first-order valence-corrected chi connectivity index (χ1v) is 22.5. The van der Waals surface area contributed by atoms with Crippen molar-refractivity contribution in [2.45, 2.75) is 218 Å². The topological polar surface area (TPSA) is 47.7 Å². The Kier molecular flexibility index (Phi) is 34.8. The lowest BCUT2D eigenvalue weighted by Crippen LogP contribution is -2.35. The van der Waals surface area contributed by atoms with Crippen molar-refractivity contribution in [3.05, 3.63) is 48.6 Å². The summed E-state index contributed by atoms with van der Waals surface area (Å²) in [5, 5.41) is 0. The molecule has 1 aliphatic heterocycles. The van der Waals surface area contributed by atoms with Crippen molar-refractivity contribution in [2.24, 2.45) is 5.73 Å². The van der Waals surface area contributed by atoms with Gasteiger partial charge < -0.3 is 20.1 Å². The average Bonchev–Trinajstić information content (AvgIpc) is 3.53. The summed E-state index contributed by atoms with van der Waals surface area (Å²) in [6, 6.07) is 0. The molecular formula is C47H88N2O2. The van der Waals surface area contributed by atoms with Crippen molar-refractivity contribution < 1.29 is 9.47 Å². The van der Waals surface area contributed by atoms with Crippen LogP contribution in [0, 0.1) is 0 Å². The van der Waals surface area contributed by atoms with E-state index in [9.17, 15) is 0 Å². The third-order valence-corrected chi connectivity index (χ3v) is 10.4. The number of ether oxygens (including phenoxy) is 2. The van der Waals surface area contributed by atoms with Crippen LogP contribution in [0.15, 0.2) is 48.6 Å². The van der Waals surface area contributed by atoms with Crippen LogP contribution in [0.1, 0.15) is 206 Å². The van der Waals surface area contributed by atoms with E-state index in [2.05, 4.69) is 74.4 Å². The van der Waals surface area contributed by atoms with Crippen molar-refractivity contribution in [3.63, 3.8) is 0 Å². The van der Waals surface area contributed by atoms with Gasteiger partial charge in [0.1, 0.15) is 0 Å². The molecule has 0 radical (unpaired) electrons. The van der Waals surface area contributed by atoms with Gasteiger partial charge >= 0.3 is 0 Å². The minimum absolute atomic E-state index is 0.202. The molecule has 1 saturated heterocycles. The standard InChI is InChI=1S/C47H88N2O2/c1-4-6-8-10-12-14-16-18-20-22-24-26-28-30-32-36-40-47(50-45-46(51-47)44-49(3)43-39-35-34-38-42-48)41-37-33-31-29-27-25-23-21-19-17-15-13-11-9-7-5-2/h12-15,18-21,46H,4-11,16-17,22-45,48H2,1-3H3/b14-12-,15-13-,20-18-,21-19-/t46-/m0/s1. The molecule has 2 N–H and O–H groups in total. The second-order valence-electron chi connectivity index (χ2n) is 15.6. The van der Waals surface area contributed by atoms with Crippen LogP contribution in [-0.2, 0) is 9.47 Å². The number of hydrogen-bond donors (Lipinski definition) is 1. The van der Waals surface area contributed by atoms with Crippen LogP contribution in [0.4, 0.5) is 0 Å². The normalized spacial score (nSPS) is 16.5. The van der Waals surface area contributed by atoms with Crippen LogP contribution in [0.5, 0.6) is 0 Å². The van der Waals surface area contributed by atoms with Gasteiger partial charge in [-0.2, -0.15) is 0 Å². The smallest absolute Gasteiger partial charge is 0.168 e. The first-order chi connectivity index (χ1) is 25.2. The zero-order chi connectivity index (χ0) is 36.8. The van der Waals surface area contributed by atoms with E-state index in [0.29, 0.717) is 0 Å². The van der Waals surface area contributed by atoms with Crippen LogP contribution in [-0.4, -0.2) is 50.1 Å². The largest absolute Gasteiger partial charge is 0.347 e. The second kappa shape index (κ2) is 37.1. The maximum atomic E-state index is 6.81. The Hall–Kier alpha value is -1.20. The second-order valence-corrected chi connectivity index (χ2v) is 15.6. The van der Waals surface area contributed by atoms with Gasteiger partial charge in [-0.3, -0.25) is 0 Å². The molecule has 0 aromatic heterocycles. The fourth-order valence-corrected chi connectivity index (χ4v) is 7.18. The number of allylic oxidation sites excluding steroid dienone is 8. The van der Waals surface area contributed by atoms with E-state index in [-0.39, 0.29) is 11.9 Å². The van der Waals surface area contributed by atoms with Crippen LogP contribution in [0.3, 0.4) is 0 Å². The summed E-state index contributed by atoms with van der Waals surface area (Å²) < 4.78 is 13.4. The maximum Gasteiger partial charge on any atom is 0.168 e. The summed E-state index contributed by atoms with van der Waals surface area (Å²) in [4.78, 5) is 2.45. The fraction of sp³-hybridized carbons (Fsp3) is 0.830. The van der Waals surface area contributed by atoms with E-state index in [0.717, 1.165) is 58.3 Å². The van der Waals surface area contributed by atoms with E-state index in [1.165, 1.54) is 161 Å². The number of unbranched alkanes of at least 4 members (excludes halogenated alkanes) is 21. The monoisotopic (exact) mass is 713 g/mol. The number of hydrogen-bond acceptors (Lipinski definition) is 4. The lowest BCUT2D eigenvalue weighted by atomic mass is 9.98. The Bertz CT molecular complexity index is 786. The highest BCUT2D eigenvalue weighted by atomic mass is 16.7. The summed E-state index contributed by atoms with van der Waals surface area (Å²) in [6.07, 6.45) is 57.0. The Morgan fingerprint density at radius 3 is 1.41 bits per heavy atom. The van der Waals surface area contributed by atoms with Gasteiger partial charge in [-0.05, 0) is 110 Å². The first kappa shape index (κ1) is 47.8. The highest BCUT2D eigenvalue weighted by Gasteiger charge is 2.40. The zero-order valence-corrected chi connectivity index (χ0v) is 34.6. The molecule has 1 rings (SSSR count). The lowest BCUT2D eigenvalue weighted by molar-refractivity contribution is -0.180. The van der Waals surface area contributed by atoms with Gasteiger partial charge in [-0.15, -0.1) is 0 Å². The molecule has 0 aromatic rings. The molecule has 4 nitrogen and oxygen atoms in total. The quantitative estimate of drug-likeness (QED) is 0.0511. The van der Waals surface area contributed by atoms with Crippen molar-refractivity contribution in [1.82, 2.24) is 4.90 Å². The Labute approximate surface area is 319 Å². The number of nitrogens with two attached hydrogens (primary N) is 1. The third kappa shape index (κ3) is 30.9. The average molecular weight is 713 g/mol. The summed E-state index contributed by atoms with van der Waals surface area (Å²) >= 11 is 0. The number of rotatable bonds is 38. The summed E-state index contributed by atoms with van der Waals surface area (Å²) in [6.45, 7) is 8.22. The molecule has 1 fully saturated rings. The minimum atomic E-state index is -0.350. The van der Waals surface area contributed by atoms with Crippen molar-refractivity contribution in [2.75, 3.05) is 33.3 Å². The van der Waals surface area contributed by atoms with Gasteiger partial charge in [0.15, 0.2) is 5.79 Å². The number of likely N-dealkylation sites (N-methyl/N-ethyl adjacent to an activating group) is 1. The molecule has 298 valence electrons. The summed E-state index contributed by atoms with van der Waals surface area (Å²) in [5.41, 5.74) is 5.67. The molecule has 0 unspecified atom stereocenters. The molecule has 0 spiro atoms. The Morgan fingerprint density at radius 2 is 0.941 bits per heavy atom. The first-order valence-electron chi connectivity index (χ1n) is 22.5. The molecular weight excluding hydrogens is 625 g/mol. The predicted octanol–water partition coefficient (Wildman–Crippen LogP) is 14.0. The van der Waals surface area contributed by atoms with Crippen LogP contribution >= 0.6 is 0 Å². The van der Waals surface area contributed by atoms with E-state index in [4.69, 9.17) is 15.2 Å². The molecule has 1 aliphatic rings. The Morgan fingerprint density at radius 1 is 0.529 bits per heavy atom. The van der Waals surface area contributed by atoms with Gasteiger partial charge in [0, 0.05) is 19.4 Å². The van der Waals surface area contributed by atoms with E-state index >= 15 is 0 Å². The van der Waals surface area contributed by atoms with Crippen molar-refractivity contribution >= 4 is 0 Å². The molecule has 4 heteroatoms. The molecule has 0 amide bonds. The highest BCUT2D eigenvalue weighted by Crippen LogP contribution is 2.35.